The summed E-state index contributed by atoms with van der Waals surface area (Å²) in [5.41, 5.74) is 6.33. The Morgan fingerprint density at radius 2 is 0.743 bits per heavy atom. The van der Waals surface area contributed by atoms with Crippen LogP contribution in [0.5, 0.6) is 0 Å². The maximum Gasteiger partial charge on any atom is 0.0466 e. The first-order chi connectivity index (χ1) is 16.7. The summed E-state index contributed by atoms with van der Waals surface area (Å²) in [4.78, 5) is 0. The molecule has 0 saturated heterocycles. The van der Waals surface area contributed by atoms with Gasteiger partial charge in [0.15, 0.2) is 0 Å². The normalized spacial score (nSPS) is 12.3. The van der Waals surface area contributed by atoms with Crippen molar-refractivity contribution in [2.75, 3.05) is 13.2 Å². The van der Waals surface area contributed by atoms with Crippen molar-refractivity contribution in [2.45, 2.75) is 129 Å². The summed E-state index contributed by atoms with van der Waals surface area (Å²) in [6, 6.07) is 18.5. The molecule has 0 radical (unpaired) electrons. The molecule has 2 aromatic rings. The molecule has 0 unspecified atom stereocenters. The van der Waals surface area contributed by atoms with Gasteiger partial charge in [0.05, 0.1) is 0 Å². The van der Waals surface area contributed by atoms with E-state index in [1.807, 2.05) is 0 Å². The van der Waals surface area contributed by atoms with Gasteiger partial charge in [-0.05, 0) is 71.6 Å². The van der Waals surface area contributed by atoms with Crippen molar-refractivity contribution in [1.29, 1.82) is 0 Å². The van der Waals surface area contributed by atoms with Crippen LogP contribution in [-0.4, -0.2) is 13.2 Å². The topological polar surface area (TPSA) is 9.23 Å². The molecular weight excluding hydrogens is 424 g/mol. The van der Waals surface area contributed by atoms with E-state index in [1.165, 1.54) is 99.3 Å². The highest BCUT2D eigenvalue weighted by Gasteiger charge is 2.13. The average molecular weight is 479 g/mol. The summed E-state index contributed by atoms with van der Waals surface area (Å²) in [6.45, 7) is 15.6. The van der Waals surface area contributed by atoms with Gasteiger partial charge in [0.1, 0.15) is 0 Å². The molecule has 0 heterocycles. The van der Waals surface area contributed by atoms with Gasteiger partial charge in [-0.1, -0.05) is 129 Å². The van der Waals surface area contributed by atoms with Crippen molar-refractivity contribution in [3.05, 3.63) is 70.8 Å². The Labute approximate surface area is 218 Å². The second kappa shape index (κ2) is 15.5. The molecule has 2 rings (SSSR count). The third kappa shape index (κ3) is 12.8. The fourth-order valence-electron chi connectivity index (χ4n) is 4.57. The SMILES string of the molecule is CC(C)(C)c1ccc(CCCCCCCOCCCCCCCc2ccc(C(C)(C)C)cc2)cc1. The van der Waals surface area contributed by atoms with E-state index in [0.717, 1.165) is 13.2 Å². The van der Waals surface area contributed by atoms with Gasteiger partial charge in [-0.25, -0.2) is 0 Å². The van der Waals surface area contributed by atoms with Gasteiger partial charge in [-0.3, -0.25) is 0 Å². The first-order valence-electron chi connectivity index (χ1n) is 14.4. The second-order valence-corrected chi connectivity index (χ2v) is 12.5. The number of ether oxygens (including phenoxy) is 1. The molecule has 0 bridgehead atoms. The van der Waals surface area contributed by atoms with Gasteiger partial charge in [0.25, 0.3) is 0 Å². The molecule has 0 aliphatic rings. The van der Waals surface area contributed by atoms with E-state index in [1.54, 1.807) is 0 Å². The van der Waals surface area contributed by atoms with Crippen molar-refractivity contribution >= 4 is 0 Å². The molecule has 35 heavy (non-hydrogen) atoms. The zero-order valence-electron chi connectivity index (χ0n) is 23.9. The third-order valence-electron chi connectivity index (χ3n) is 7.15. The summed E-state index contributed by atoms with van der Waals surface area (Å²) in [6.07, 6.45) is 15.4. The van der Waals surface area contributed by atoms with Crippen LogP contribution in [0.25, 0.3) is 0 Å². The van der Waals surface area contributed by atoms with E-state index in [4.69, 9.17) is 4.74 Å². The largest absolute Gasteiger partial charge is 0.381 e. The highest BCUT2D eigenvalue weighted by atomic mass is 16.5. The fourth-order valence-corrected chi connectivity index (χ4v) is 4.57. The van der Waals surface area contributed by atoms with Crippen LogP contribution < -0.4 is 0 Å². The Hall–Kier alpha value is -1.60. The van der Waals surface area contributed by atoms with E-state index in [-0.39, 0.29) is 10.8 Å². The lowest BCUT2D eigenvalue weighted by atomic mass is 9.86. The minimum absolute atomic E-state index is 0.250. The third-order valence-corrected chi connectivity index (χ3v) is 7.15. The lowest BCUT2D eigenvalue weighted by Crippen LogP contribution is -2.10. The summed E-state index contributed by atoms with van der Waals surface area (Å²) in [5.74, 6) is 0. The van der Waals surface area contributed by atoms with Gasteiger partial charge in [0, 0.05) is 13.2 Å². The van der Waals surface area contributed by atoms with Crippen LogP contribution in [0.2, 0.25) is 0 Å². The molecule has 0 aromatic heterocycles. The molecule has 0 N–H and O–H groups in total. The lowest BCUT2D eigenvalue weighted by Gasteiger charge is -2.19. The number of rotatable bonds is 16. The zero-order valence-corrected chi connectivity index (χ0v) is 23.9. The number of benzene rings is 2. The molecule has 0 spiro atoms. The Kier molecular flexibility index (Phi) is 13.1. The van der Waals surface area contributed by atoms with Gasteiger partial charge in [0.2, 0.25) is 0 Å². The van der Waals surface area contributed by atoms with Crippen molar-refractivity contribution in [3.63, 3.8) is 0 Å². The summed E-state index contributed by atoms with van der Waals surface area (Å²) >= 11 is 0. The summed E-state index contributed by atoms with van der Waals surface area (Å²) in [7, 11) is 0. The molecule has 196 valence electrons. The van der Waals surface area contributed by atoms with Crippen LogP contribution in [0.4, 0.5) is 0 Å². The van der Waals surface area contributed by atoms with Crippen LogP contribution in [0, 0.1) is 0 Å². The quantitative estimate of drug-likeness (QED) is 0.218. The molecule has 2 aromatic carbocycles. The molecule has 0 atom stereocenters. The summed E-state index contributed by atoms with van der Waals surface area (Å²) in [5, 5.41) is 0. The molecule has 0 aliphatic carbocycles. The number of aryl methyl sites for hydroxylation is 2. The standard InChI is InChI=1S/C34H54O/c1-33(2,3)31-23-19-29(20-24-31)17-13-9-7-11-15-27-35-28-16-12-8-10-14-18-30-21-25-32(26-22-30)34(4,5)6/h19-26H,7-18,27-28H2,1-6H3. The molecular formula is C34H54O. The van der Waals surface area contributed by atoms with E-state index in [2.05, 4.69) is 90.1 Å². The van der Waals surface area contributed by atoms with Gasteiger partial charge in [-0.15, -0.1) is 0 Å². The Morgan fingerprint density at radius 1 is 0.429 bits per heavy atom. The fraction of sp³-hybridized carbons (Fsp3) is 0.647. The molecule has 1 heteroatoms. The predicted molar refractivity (Wildman–Crippen MR) is 155 cm³/mol. The van der Waals surface area contributed by atoms with Crippen LogP contribution in [0.15, 0.2) is 48.5 Å². The number of hydrogen-bond donors (Lipinski definition) is 0. The maximum atomic E-state index is 5.86. The van der Waals surface area contributed by atoms with Crippen molar-refractivity contribution in [2.24, 2.45) is 0 Å². The molecule has 1 nitrogen and oxygen atoms in total. The average Bonchev–Trinajstić information content (AvgIpc) is 2.81. The zero-order chi connectivity index (χ0) is 25.6. The maximum absolute atomic E-state index is 5.86. The second-order valence-electron chi connectivity index (χ2n) is 12.5. The summed E-state index contributed by atoms with van der Waals surface area (Å²) < 4.78 is 5.86. The van der Waals surface area contributed by atoms with E-state index in [9.17, 15) is 0 Å². The van der Waals surface area contributed by atoms with Crippen molar-refractivity contribution in [3.8, 4) is 0 Å². The van der Waals surface area contributed by atoms with E-state index >= 15 is 0 Å². The smallest absolute Gasteiger partial charge is 0.0466 e. The Balaban J connectivity index is 1.35. The monoisotopic (exact) mass is 478 g/mol. The highest BCUT2D eigenvalue weighted by molar-refractivity contribution is 5.28. The first kappa shape index (κ1) is 29.6. The van der Waals surface area contributed by atoms with Gasteiger partial charge >= 0.3 is 0 Å². The van der Waals surface area contributed by atoms with E-state index in [0.29, 0.717) is 0 Å². The Morgan fingerprint density at radius 3 is 1.09 bits per heavy atom. The molecule has 0 saturated carbocycles. The van der Waals surface area contributed by atoms with Crippen LogP contribution in [0.3, 0.4) is 0 Å². The van der Waals surface area contributed by atoms with Gasteiger partial charge < -0.3 is 4.74 Å². The van der Waals surface area contributed by atoms with Crippen LogP contribution in [-0.2, 0) is 28.4 Å². The van der Waals surface area contributed by atoms with E-state index < -0.39 is 0 Å². The predicted octanol–water partition coefficient (Wildman–Crippen LogP) is 9.98. The molecule has 0 fully saturated rings. The number of unbranched alkanes of at least 4 members (excludes halogenated alkanes) is 8. The van der Waals surface area contributed by atoms with Crippen molar-refractivity contribution < 1.29 is 4.74 Å². The van der Waals surface area contributed by atoms with Crippen LogP contribution in [0.1, 0.15) is 128 Å². The highest BCUT2D eigenvalue weighted by Crippen LogP contribution is 2.23. The van der Waals surface area contributed by atoms with Gasteiger partial charge in [-0.2, -0.15) is 0 Å². The Bertz CT molecular complexity index is 717. The lowest BCUT2D eigenvalue weighted by molar-refractivity contribution is 0.125. The molecule has 0 aliphatic heterocycles. The van der Waals surface area contributed by atoms with Crippen molar-refractivity contribution in [1.82, 2.24) is 0 Å². The minimum atomic E-state index is 0.250. The number of hydrogen-bond acceptors (Lipinski definition) is 1. The first-order valence-corrected chi connectivity index (χ1v) is 14.4. The van der Waals surface area contributed by atoms with Crippen LogP contribution >= 0.6 is 0 Å². The molecule has 0 amide bonds. The minimum Gasteiger partial charge on any atom is -0.381 e.